The number of hydrogen-bond donors (Lipinski definition) is 1. The number of rotatable bonds is 6. The van der Waals surface area contributed by atoms with Crippen molar-refractivity contribution >= 4 is 11.6 Å². The first-order chi connectivity index (χ1) is 9.69. The Bertz CT molecular complexity index is 444. The monoisotopic (exact) mass is 276 g/mol. The van der Waals surface area contributed by atoms with Crippen LogP contribution in [0.4, 0.5) is 11.6 Å². The smallest absolute Gasteiger partial charge is 0.137 e. The third-order valence-electron chi connectivity index (χ3n) is 4.16. The topological polar surface area (TPSA) is 41.1 Å². The molecule has 4 nitrogen and oxygen atoms in total. The molecule has 1 aromatic rings. The summed E-state index contributed by atoms with van der Waals surface area (Å²) in [6.45, 7) is 8.87. The molecule has 0 aromatic carbocycles. The summed E-state index contributed by atoms with van der Waals surface area (Å²) >= 11 is 0. The van der Waals surface area contributed by atoms with Crippen molar-refractivity contribution in [2.45, 2.75) is 52.9 Å². The number of nitrogens with one attached hydrogen (secondary N) is 1. The van der Waals surface area contributed by atoms with Gasteiger partial charge in [-0.3, -0.25) is 0 Å². The van der Waals surface area contributed by atoms with E-state index in [0.29, 0.717) is 0 Å². The van der Waals surface area contributed by atoms with Gasteiger partial charge in [-0.15, -0.1) is 0 Å². The standard InChI is InChI=1S/C16H28N4/c1-5-7-13-9-10-20(11-13)16-12(3)15(17-4)18-14(19-16)8-6-2/h13H,5-11H2,1-4H3,(H,17,18,19). The Morgan fingerprint density at radius 1 is 1.25 bits per heavy atom. The van der Waals surface area contributed by atoms with Crippen LogP contribution >= 0.6 is 0 Å². The zero-order valence-corrected chi connectivity index (χ0v) is 13.4. The fraction of sp³-hybridized carbons (Fsp3) is 0.750. The Morgan fingerprint density at radius 2 is 2.05 bits per heavy atom. The summed E-state index contributed by atoms with van der Waals surface area (Å²) in [5, 5.41) is 3.22. The van der Waals surface area contributed by atoms with Crippen LogP contribution in [0.15, 0.2) is 0 Å². The molecule has 2 rings (SSSR count). The fourth-order valence-electron chi connectivity index (χ4n) is 3.11. The van der Waals surface area contributed by atoms with Gasteiger partial charge in [-0.25, -0.2) is 9.97 Å². The average Bonchev–Trinajstić information content (AvgIpc) is 2.89. The van der Waals surface area contributed by atoms with Crippen LogP contribution in [0.25, 0.3) is 0 Å². The van der Waals surface area contributed by atoms with E-state index in [1.54, 1.807) is 0 Å². The van der Waals surface area contributed by atoms with Crippen LogP contribution in [-0.2, 0) is 6.42 Å². The maximum Gasteiger partial charge on any atom is 0.137 e. The summed E-state index contributed by atoms with van der Waals surface area (Å²) in [6, 6.07) is 0. The first kappa shape index (κ1) is 15.1. The maximum atomic E-state index is 4.82. The second-order valence-corrected chi connectivity index (χ2v) is 5.83. The van der Waals surface area contributed by atoms with Gasteiger partial charge in [0.1, 0.15) is 17.5 Å². The Balaban J connectivity index is 2.24. The Hall–Kier alpha value is -1.32. The zero-order chi connectivity index (χ0) is 14.5. The van der Waals surface area contributed by atoms with Crippen molar-refractivity contribution in [2.75, 3.05) is 30.4 Å². The zero-order valence-electron chi connectivity index (χ0n) is 13.4. The van der Waals surface area contributed by atoms with Gasteiger partial charge in [0.25, 0.3) is 0 Å². The molecule has 0 amide bonds. The van der Waals surface area contributed by atoms with Crippen molar-refractivity contribution in [3.05, 3.63) is 11.4 Å². The van der Waals surface area contributed by atoms with Gasteiger partial charge >= 0.3 is 0 Å². The van der Waals surface area contributed by atoms with Gasteiger partial charge in [0.05, 0.1) is 0 Å². The third kappa shape index (κ3) is 3.22. The molecular formula is C16H28N4. The number of anilines is 2. The van der Waals surface area contributed by atoms with Crippen LogP contribution in [0.1, 0.15) is 50.9 Å². The fourth-order valence-corrected chi connectivity index (χ4v) is 3.11. The molecule has 1 saturated heterocycles. The van der Waals surface area contributed by atoms with E-state index < -0.39 is 0 Å². The molecule has 1 fully saturated rings. The lowest BCUT2D eigenvalue weighted by Crippen LogP contribution is -2.23. The van der Waals surface area contributed by atoms with Crippen LogP contribution in [0.2, 0.25) is 0 Å². The summed E-state index contributed by atoms with van der Waals surface area (Å²) in [5.41, 5.74) is 1.18. The van der Waals surface area contributed by atoms with E-state index in [-0.39, 0.29) is 0 Å². The quantitative estimate of drug-likeness (QED) is 0.864. The molecule has 0 spiro atoms. The normalized spacial score (nSPS) is 18.6. The predicted molar refractivity (Wildman–Crippen MR) is 85.5 cm³/mol. The molecular weight excluding hydrogens is 248 g/mol. The molecule has 4 heteroatoms. The van der Waals surface area contributed by atoms with E-state index in [9.17, 15) is 0 Å². The van der Waals surface area contributed by atoms with E-state index in [1.807, 2.05) is 7.05 Å². The molecule has 1 unspecified atom stereocenters. The molecule has 2 heterocycles. The highest BCUT2D eigenvalue weighted by molar-refractivity contribution is 5.58. The first-order valence-electron chi connectivity index (χ1n) is 7.99. The van der Waals surface area contributed by atoms with Gasteiger partial charge in [0.2, 0.25) is 0 Å². The minimum atomic E-state index is 0.835. The van der Waals surface area contributed by atoms with E-state index in [1.165, 1.54) is 24.8 Å². The van der Waals surface area contributed by atoms with Crippen molar-refractivity contribution in [3.8, 4) is 0 Å². The van der Waals surface area contributed by atoms with Gasteiger partial charge in [-0.2, -0.15) is 0 Å². The van der Waals surface area contributed by atoms with Gasteiger partial charge in [0.15, 0.2) is 0 Å². The molecule has 20 heavy (non-hydrogen) atoms. The van der Waals surface area contributed by atoms with Crippen molar-refractivity contribution in [1.29, 1.82) is 0 Å². The van der Waals surface area contributed by atoms with Crippen LogP contribution in [0.3, 0.4) is 0 Å². The minimum Gasteiger partial charge on any atom is -0.373 e. The second-order valence-electron chi connectivity index (χ2n) is 5.83. The number of hydrogen-bond acceptors (Lipinski definition) is 4. The first-order valence-corrected chi connectivity index (χ1v) is 7.99. The van der Waals surface area contributed by atoms with Gasteiger partial charge in [-0.05, 0) is 32.1 Å². The largest absolute Gasteiger partial charge is 0.373 e. The predicted octanol–water partition coefficient (Wildman–Crippen LogP) is 3.41. The summed E-state index contributed by atoms with van der Waals surface area (Å²) in [5.74, 6) is 3.93. The van der Waals surface area contributed by atoms with Gasteiger partial charge in [0, 0.05) is 32.1 Å². The van der Waals surface area contributed by atoms with E-state index in [2.05, 4.69) is 36.0 Å². The van der Waals surface area contributed by atoms with Crippen LogP contribution in [0.5, 0.6) is 0 Å². The molecule has 0 saturated carbocycles. The highest BCUT2D eigenvalue weighted by Gasteiger charge is 2.25. The van der Waals surface area contributed by atoms with E-state index in [4.69, 9.17) is 4.98 Å². The molecule has 1 aliphatic heterocycles. The summed E-state index contributed by atoms with van der Waals surface area (Å²) in [6.07, 6.45) is 5.96. The summed E-state index contributed by atoms with van der Waals surface area (Å²) in [7, 11) is 1.94. The van der Waals surface area contributed by atoms with E-state index in [0.717, 1.165) is 49.3 Å². The van der Waals surface area contributed by atoms with Crippen molar-refractivity contribution in [2.24, 2.45) is 5.92 Å². The van der Waals surface area contributed by atoms with Crippen molar-refractivity contribution in [1.82, 2.24) is 9.97 Å². The van der Waals surface area contributed by atoms with Gasteiger partial charge < -0.3 is 10.2 Å². The molecule has 0 aliphatic carbocycles. The van der Waals surface area contributed by atoms with Crippen LogP contribution in [0, 0.1) is 12.8 Å². The summed E-state index contributed by atoms with van der Waals surface area (Å²) in [4.78, 5) is 11.9. The summed E-state index contributed by atoms with van der Waals surface area (Å²) < 4.78 is 0. The molecule has 0 bridgehead atoms. The maximum absolute atomic E-state index is 4.82. The van der Waals surface area contributed by atoms with Crippen molar-refractivity contribution < 1.29 is 0 Å². The molecule has 1 aliphatic rings. The van der Waals surface area contributed by atoms with Crippen molar-refractivity contribution in [3.63, 3.8) is 0 Å². The van der Waals surface area contributed by atoms with Gasteiger partial charge in [-0.1, -0.05) is 20.3 Å². The lowest BCUT2D eigenvalue weighted by atomic mass is 10.0. The lowest BCUT2D eigenvalue weighted by Gasteiger charge is -2.22. The molecule has 1 aromatic heterocycles. The lowest BCUT2D eigenvalue weighted by molar-refractivity contribution is 0.529. The minimum absolute atomic E-state index is 0.835. The Kier molecular flexibility index (Phi) is 5.21. The Morgan fingerprint density at radius 3 is 2.70 bits per heavy atom. The molecule has 0 radical (unpaired) electrons. The number of aromatic nitrogens is 2. The third-order valence-corrected chi connectivity index (χ3v) is 4.16. The SMILES string of the molecule is CCCc1nc(NC)c(C)c(N2CCC(CCC)C2)n1. The van der Waals surface area contributed by atoms with Crippen LogP contribution in [-0.4, -0.2) is 30.1 Å². The second kappa shape index (κ2) is 6.91. The number of aryl methyl sites for hydroxylation is 1. The highest BCUT2D eigenvalue weighted by Crippen LogP contribution is 2.30. The highest BCUT2D eigenvalue weighted by atomic mass is 15.2. The number of nitrogens with zero attached hydrogens (tertiary/aromatic N) is 3. The van der Waals surface area contributed by atoms with Crippen LogP contribution < -0.4 is 10.2 Å². The molecule has 112 valence electrons. The average molecular weight is 276 g/mol. The van der Waals surface area contributed by atoms with E-state index >= 15 is 0 Å². The molecule has 1 N–H and O–H groups in total. The molecule has 1 atom stereocenters. The Labute approximate surface area is 123 Å².